The summed E-state index contributed by atoms with van der Waals surface area (Å²) < 4.78 is 40.0. The van der Waals surface area contributed by atoms with Crippen LogP contribution in [0.15, 0.2) is 52.5 Å². The molecule has 0 aromatic heterocycles. The average Bonchev–Trinajstić information content (AvgIpc) is 2.69. The van der Waals surface area contributed by atoms with E-state index >= 15 is 0 Å². The number of nitrogens with one attached hydrogen (secondary N) is 1. The first-order valence-electron chi connectivity index (χ1n) is 8.10. The molecule has 0 atom stereocenters. The normalized spacial score (nSPS) is 11.1. The molecule has 1 N–H and O–H groups in total. The quantitative estimate of drug-likeness (QED) is 0.295. The molecule has 0 radical (unpaired) electrons. The number of carbonyl (C=O) groups excluding carboxylic acids is 1. The van der Waals surface area contributed by atoms with Crippen molar-refractivity contribution in [3.63, 3.8) is 0 Å². The number of hydrogen-bond donors (Lipinski definition) is 1. The maximum absolute atomic E-state index is 12.6. The molecule has 0 bridgehead atoms. The van der Waals surface area contributed by atoms with Gasteiger partial charge < -0.3 is 13.7 Å². The van der Waals surface area contributed by atoms with Crippen LogP contribution in [0.1, 0.15) is 12.5 Å². The van der Waals surface area contributed by atoms with Gasteiger partial charge in [0.1, 0.15) is 0 Å². The third-order valence-electron chi connectivity index (χ3n) is 3.35. The lowest BCUT2D eigenvalue weighted by Gasteiger charge is -2.12. The highest BCUT2D eigenvalue weighted by atomic mass is 32.2. The molecule has 2 aromatic rings. The molecule has 12 heteroatoms. The van der Waals surface area contributed by atoms with Crippen molar-refractivity contribution in [2.75, 3.05) is 13.7 Å². The summed E-state index contributed by atoms with van der Waals surface area (Å²) in [7, 11) is -3.32. The van der Waals surface area contributed by atoms with Gasteiger partial charge in [-0.3, -0.25) is 10.1 Å². The van der Waals surface area contributed by atoms with Gasteiger partial charge in [0.15, 0.2) is 16.4 Å². The summed E-state index contributed by atoms with van der Waals surface area (Å²) in [4.78, 5) is 20.7. The first-order valence-corrected chi connectivity index (χ1v) is 9.51. The summed E-state index contributed by atoms with van der Waals surface area (Å²) in [6.07, 6.45) is 0.515. The monoisotopic (exact) mass is 423 g/mol. The van der Waals surface area contributed by atoms with Crippen LogP contribution in [0.4, 0.5) is 10.5 Å². The highest BCUT2D eigenvalue weighted by molar-refractivity contribution is 7.87. The number of methoxy groups -OCH3 is 1. The second-order valence-corrected chi connectivity index (χ2v) is 6.78. The van der Waals surface area contributed by atoms with Gasteiger partial charge in [0.2, 0.25) is 0 Å². The molecule has 0 saturated carbocycles. The average molecular weight is 423 g/mol. The van der Waals surface area contributed by atoms with E-state index in [1.54, 1.807) is 6.92 Å². The number of benzene rings is 2. The third-order valence-corrected chi connectivity index (χ3v) is 4.64. The number of nitro groups is 1. The number of nitrogens with zero attached hydrogens (tertiary/aromatic N) is 2. The van der Waals surface area contributed by atoms with Crippen molar-refractivity contribution in [2.24, 2.45) is 5.10 Å². The molecule has 29 heavy (non-hydrogen) atoms. The number of ether oxygens (including phenoxy) is 2. The Morgan fingerprint density at radius 3 is 2.62 bits per heavy atom. The van der Waals surface area contributed by atoms with Crippen molar-refractivity contribution in [3.05, 3.63) is 58.1 Å². The van der Waals surface area contributed by atoms with Crippen LogP contribution in [0.5, 0.6) is 11.5 Å². The highest BCUT2D eigenvalue weighted by Crippen LogP contribution is 2.33. The fourth-order valence-electron chi connectivity index (χ4n) is 2.13. The molecule has 0 unspecified atom stereocenters. The summed E-state index contributed by atoms with van der Waals surface area (Å²) in [6, 6.07) is 9.02. The van der Waals surface area contributed by atoms with Crippen LogP contribution in [0.2, 0.25) is 0 Å². The van der Waals surface area contributed by atoms with Crippen LogP contribution >= 0.6 is 0 Å². The molecule has 2 aromatic carbocycles. The van der Waals surface area contributed by atoms with Gasteiger partial charge in [0.05, 0.1) is 24.9 Å². The second kappa shape index (κ2) is 9.50. The number of hydrogen-bond acceptors (Lipinski definition) is 9. The Bertz CT molecular complexity index is 1040. The second-order valence-electron chi connectivity index (χ2n) is 5.26. The summed E-state index contributed by atoms with van der Waals surface area (Å²) in [6.45, 7) is 1.88. The predicted molar refractivity (Wildman–Crippen MR) is 102 cm³/mol. The Hall–Kier alpha value is -3.67. The molecule has 1 amide bonds. The van der Waals surface area contributed by atoms with Crippen molar-refractivity contribution >= 4 is 28.1 Å². The van der Waals surface area contributed by atoms with Crippen LogP contribution in [0.3, 0.4) is 0 Å². The summed E-state index contributed by atoms with van der Waals surface area (Å²) >= 11 is 0. The van der Waals surface area contributed by atoms with Gasteiger partial charge in [-0.05, 0) is 36.8 Å². The van der Waals surface area contributed by atoms with Gasteiger partial charge in [0.25, 0.3) is 5.69 Å². The van der Waals surface area contributed by atoms with Gasteiger partial charge in [-0.1, -0.05) is 12.1 Å². The van der Waals surface area contributed by atoms with Gasteiger partial charge in [-0.25, -0.2) is 10.2 Å². The molecule has 0 saturated heterocycles. The molecule has 11 nitrogen and oxygen atoms in total. The lowest BCUT2D eigenvalue weighted by Crippen LogP contribution is -2.16. The number of para-hydroxylation sites is 1. The zero-order chi connectivity index (χ0) is 21.4. The van der Waals surface area contributed by atoms with Crippen molar-refractivity contribution in [2.45, 2.75) is 11.8 Å². The molecule has 2 rings (SSSR count). The van der Waals surface area contributed by atoms with Crippen molar-refractivity contribution in [1.29, 1.82) is 0 Å². The van der Waals surface area contributed by atoms with Gasteiger partial charge in [-0.15, -0.1) is 0 Å². The van der Waals surface area contributed by atoms with Crippen molar-refractivity contribution < 1.29 is 31.8 Å². The summed E-state index contributed by atoms with van der Waals surface area (Å²) in [5.41, 5.74) is 1.95. The standard InChI is InChI=1S/C17H17N3O8S/c1-3-27-15-10-12(11-18-19-17(21)26-2)8-9-14(15)28-29(24,25)16-7-5-4-6-13(16)20(22)23/h4-11H,3H2,1-2H3,(H,19,21). The number of hydrazone groups is 1. The third kappa shape index (κ3) is 5.65. The van der Waals surface area contributed by atoms with E-state index in [0.717, 1.165) is 12.1 Å². The topological polar surface area (TPSA) is 146 Å². The smallest absolute Gasteiger partial charge is 0.427 e. The molecule has 0 aliphatic heterocycles. The Labute approximate surface area is 166 Å². The van der Waals surface area contributed by atoms with Crippen LogP contribution in [0.25, 0.3) is 0 Å². The summed E-state index contributed by atoms with van der Waals surface area (Å²) in [5, 5.41) is 14.8. The van der Waals surface area contributed by atoms with Gasteiger partial charge >= 0.3 is 16.2 Å². The molecular weight excluding hydrogens is 406 g/mol. The maximum Gasteiger partial charge on any atom is 0.427 e. The van der Waals surface area contributed by atoms with E-state index in [1.807, 2.05) is 0 Å². The Morgan fingerprint density at radius 1 is 1.24 bits per heavy atom. The molecule has 0 fully saturated rings. The van der Waals surface area contributed by atoms with E-state index in [1.165, 1.54) is 43.7 Å². The number of nitro benzene ring substituents is 1. The lowest BCUT2D eigenvalue weighted by molar-refractivity contribution is -0.387. The van der Waals surface area contributed by atoms with E-state index in [9.17, 15) is 23.3 Å². The lowest BCUT2D eigenvalue weighted by atomic mass is 10.2. The largest absolute Gasteiger partial charge is 0.490 e. The van der Waals surface area contributed by atoms with Crippen molar-refractivity contribution in [3.8, 4) is 11.5 Å². The van der Waals surface area contributed by atoms with Gasteiger partial charge in [0, 0.05) is 6.07 Å². The maximum atomic E-state index is 12.6. The molecule has 154 valence electrons. The minimum atomic E-state index is -4.50. The molecule has 0 heterocycles. The first kappa shape index (κ1) is 21.6. The first-order chi connectivity index (χ1) is 13.8. The van der Waals surface area contributed by atoms with Crippen LogP contribution in [-0.2, 0) is 14.9 Å². The molecular formula is C17H17N3O8S. The van der Waals surface area contributed by atoms with Crippen molar-refractivity contribution in [1.82, 2.24) is 5.43 Å². The number of rotatable bonds is 8. The zero-order valence-electron chi connectivity index (χ0n) is 15.4. The Kier molecular flexibility index (Phi) is 7.09. The van der Waals surface area contributed by atoms with E-state index in [-0.39, 0.29) is 18.1 Å². The van der Waals surface area contributed by atoms with Crippen LogP contribution in [0, 0.1) is 10.1 Å². The molecule has 0 aliphatic carbocycles. The molecule has 0 spiro atoms. The van der Waals surface area contributed by atoms with Crippen LogP contribution < -0.4 is 14.3 Å². The highest BCUT2D eigenvalue weighted by Gasteiger charge is 2.28. The van der Waals surface area contributed by atoms with Crippen LogP contribution in [-0.4, -0.2) is 39.4 Å². The van der Waals surface area contributed by atoms with E-state index in [4.69, 9.17) is 8.92 Å². The Morgan fingerprint density at radius 2 is 1.97 bits per heavy atom. The number of carbonyl (C=O) groups is 1. The fraction of sp³-hybridized carbons (Fsp3) is 0.176. The minimum Gasteiger partial charge on any atom is -0.490 e. The SMILES string of the molecule is CCOc1cc(C=NNC(=O)OC)ccc1OS(=O)(=O)c1ccccc1[N+](=O)[O-]. The fourth-order valence-corrected chi connectivity index (χ4v) is 3.24. The van der Waals surface area contributed by atoms with E-state index in [0.29, 0.717) is 5.56 Å². The van der Waals surface area contributed by atoms with E-state index < -0.39 is 31.7 Å². The Balaban J connectivity index is 2.34. The summed E-state index contributed by atoms with van der Waals surface area (Å²) in [5.74, 6) is -0.0974. The zero-order valence-corrected chi connectivity index (χ0v) is 16.2. The van der Waals surface area contributed by atoms with E-state index in [2.05, 4.69) is 15.3 Å². The number of amides is 1. The predicted octanol–water partition coefficient (Wildman–Crippen LogP) is 2.45. The van der Waals surface area contributed by atoms with Gasteiger partial charge in [-0.2, -0.15) is 13.5 Å². The minimum absolute atomic E-state index is 0.0664. The molecule has 0 aliphatic rings.